The highest BCUT2D eigenvalue weighted by Crippen LogP contribution is 2.23. The Labute approximate surface area is 159 Å². The van der Waals surface area contributed by atoms with Crippen molar-refractivity contribution in [3.63, 3.8) is 0 Å². The zero-order chi connectivity index (χ0) is 19.6. The van der Waals surface area contributed by atoms with Crippen LogP contribution in [-0.2, 0) is 24.3 Å². The summed E-state index contributed by atoms with van der Waals surface area (Å²) in [5.74, 6) is -0.745. The average molecular weight is 395 g/mol. The fourth-order valence-electron chi connectivity index (χ4n) is 3.53. The number of nitrogens with zero attached hydrogens (tertiary/aromatic N) is 1. The van der Waals surface area contributed by atoms with Gasteiger partial charge in [0, 0.05) is 19.5 Å². The van der Waals surface area contributed by atoms with Crippen molar-refractivity contribution in [1.82, 2.24) is 4.31 Å². The van der Waals surface area contributed by atoms with Crippen molar-refractivity contribution in [2.24, 2.45) is 0 Å². The minimum Gasteiger partial charge on any atom is -0.451 e. The molecule has 3 rings (SSSR count). The molecular weight excluding hydrogens is 370 g/mol. The Morgan fingerprint density at radius 3 is 2.56 bits per heavy atom. The summed E-state index contributed by atoms with van der Waals surface area (Å²) in [5, 5.41) is 0. The summed E-state index contributed by atoms with van der Waals surface area (Å²) in [6.07, 6.45) is 1.46. The third kappa shape index (κ3) is 4.56. The molecule has 8 heteroatoms. The van der Waals surface area contributed by atoms with Gasteiger partial charge in [0.1, 0.15) is 0 Å². The van der Waals surface area contributed by atoms with Crippen LogP contribution in [0, 0.1) is 0 Å². The lowest BCUT2D eigenvalue weighted by Crippen LogP contribution is -2.48. The number of carbonyl (C=O) groups excluding carboxylic acids is 2. The summed E-state index contributed by atoms with van der Waals surface area (Å²) in [7, 11) is -3.75. The average Bonchev–Trinajstić information content (AvgIpc) is 2.63. The van der Waals surface area contributed by atoms with E-state index in [9.17, 15) is 18.0 Å². The molecule has 1 aliphatic carbocycles. The maximum absolute atomic E-state index is 13.0. The van der Waals surface area contributed by atoms with Gasteiger partial charge in [-0.15, -0.1) is 0 Å². The summed E-state index contributed by atoms with van der Waals surface area (Å²) < 4.78 is 38.2. The quantitative estimate of drug-likeness (QED) is 0.726. The van der Waals surface area contributed by atoms with Crippen LogP contribution in [0.4, 0.5) is 0 Å². The molecule has 1 saturated carbocycles. The van der Waals surface area contributed by atoms with Gasteiger partial charge in [-0.25, -0.2) is 13.2 Å². The molecule has 0 spiro atoms. The predicted molar refractivity (Wildman–Crippen MR) is 97.9 cm³/mol. The van der Waals surface area contributed by atoms with Crippen molar-refractivity contribution in [3.05, 3.63) is 29.8 Å². The van der Waals surface area contributed by atoms with Crippen LogP contribution in [0.3, 0.4) is 0 Å². The largest absolute Gasteiger partial charge is 0.451 e. The molecule has 148 valence electrons. The smallest absolute Gasteiger partial charge is 0.338 e. The van der Waals surface area contributed by atoms with Gasteiger partial charge in [-0.05, 0) is 51.3 Å². The van der Waals surface area contributed by atoms with Crippen molar-refractivity contribution < 1.29 is 27.5 Å². The normalized spacial score (nSPS) is 27.3. The van der Waals surface area contributed by atoms with Crippen LogP contribution in [0.15, 0.2) is 29.2 Å². The Balaban J connectivity index is 1.78. The summed E-state index contributed by atoms with van der Waals surface area (Å²) in [4.78, 5) is 24.3. The Kier molecular flexibility index (Phi) is 5.98. The van der Waals surface area contributed by atoms with E-state index >= 15 is 0 Å². The molecule has 0 bridgehead atoms. The second kappa shape index (κ2) is 8.08. The number of benzene rings is 1. The van der Waals surface area contributed by atoms with Gasteiger partial charge >= 0.3 is 5.97 Å². The van der Waals surface area contributed by atoms with Gasteiger partial charge in [0.15, 0.2) is 11.9 Å². The molecule has 0 unspecified atom stereocenters. The summed E-state index contributed by atoms with van der Waals surface area (Å²) in [6, 6.07) is 5.79. The number of Topliss-reactive ketones (excluding diaryl/α,β-unsaturated/α-hetero) is 1. The molecule has 1 aromatic rings. The number of carbonyl (C=O) groups is 2. The van der Waals surface area contributed by atoms with Crippen LogP contribution in [0.25, 0.3) is 0 Å². The Bertz CT molecular complexity index is 811. The van der Waals surface area contributed by atoms with E-state index in [0.717, 1.165) is 12.8 Å². The van der Waals surface area contributed by atoms with E-state index in [-0.39, 0.29) is 41.5 Å². The fourth-order valence-corrected chi connectivity index (χ4v) is 5.17. The molecule has 27 heavy (non-hydrogen) atoms. The first-order chi connectivity index (χ1) is 12.8. The van der Waals surface area contributed by atoms with Crippen molar-refractivity contribution in [2.75, 3.05) is 13.1 Å². The topological polar surface area (TPSA) is 90.0 Å². The third-order valence-corrected chi connectivity index (χ3v) is 6.67. The van der Waals surface area contributed by atoms with E-state index in [0.29, 0.717) is 12.8 Å². The molecule has 1 saturated heterocycles. The molecule has 1 heterocycles. The van der Waals surface area contributed by atoms with E-state index in [1.165, 1.54) is 28.6 Å². The highest BCUT2D eigenvalue weighted by Gasteiger charge is 2.33. The molecule has 7 nitrogen and oxygen atoms in total. The number of sulfonamides is 1. The maximum Gasteiger partial charge on any atom is 0.338 e. The van der Waals surface area contributed by atoms with Crippen molar-refractivity contribution in [2.45, 2.75) is 62.7 Å². The molecule has 1 aliphatic heterocycles. The van der Waals surface area contributed by atoms with Crippen LogP contribution in [-0.4, -0.2) is 55.9 Å². The Morgan fingerprint density at radius 1 is 1.19 bits per heavy atom. The molecule has 1 aromatic carbocycles. The summed E-state index contributed by atoms with van der Waals surface area (Å²) in [6.45, 7) is 4.18. The van der Waals surface area contributed by atoms with Crippen LogP contribution in [0.2, 0.25) is 0 Å². The van der Waals surface area contributed by atoms with Gasteiger partial charge in [-0.2, -0.15) is 4.31 Å². The highest BCUT2D eigenvalue weighted by molar-refractivity contribution is 7.89. The minimum atomic E-state index is -3.75. The van der Waals surface area contributed by atoms with Crippen molar-refractivity contribution >= 4 is 21.8 Å². The van der Waals surface area contributed by atoms with Crippen molar-refractivity contribution in [3.8, 4) is 0 Å². The first kappa shape index (κ1) is 20.0. The number of ketones is 1. The molecular formula is C19H25NO6S. The molecule has 0 N–H and O–H groups in total. The van der Waals surface area contributed by atoms with Gasteiger partial charge in [0.2, 0.25) is 10.0 Å². The van der Waals surface area contributed by atoms with Crippen molar-refractivity contribution in [1.29, 1.82) is 0 Å². The number of ether oxygens (including phenoxy) is 2. The number of rotatable bonds is 4. The summed E-state index contributed by atoms with van der Waals surface area (Å²) >= 11 is 0. The zero-order valence-electron chi connectivity index (χ0n) is 15.6. The third-order valence-electron chi connectivity index (χ3n) is 4.84. The lowest BCUT2D eigenvalue weighted by Gasteiger charge is -2.34. The molecule has 0 radical (unpaired) electrons. The van der Waals surface area contributed by atoms with Gasteiger partial charge in [0.05, 0.1) is 22.7 Å². The lowest BCUT2D eigenvalue weighted by molar-refractivity contribution is -0.129. The van der Waals surface area contributed by atoms with Gasteiger partial charge in [0.25, 0.3) is 0 Å². The number of hydrogen-bond acceptors (Lipinski definition) is 6. The van der Waals surface area contributed by atoms with Gasteiger partial charge < -0.3 is 9.47 Å². The van der Waals surface area contributed by atoms with E-state index < -0.39 is 22.1 Å². The number of esters is 1. The number of hydrogen-bond donors (Lipinski definition) is 0. The zero-order valence-corrected chi connectivity index (χ0v) is 16.4. The molecule has 0 amide bonds. The monoisotopic (exact) mass is 395 g/mol. The van der Waals surface area contributed by atoms with E-state index in [4.69, 9.17) is 9.47 Å². The predicted octanol–water partition coefficient (Wildman–Crippen LogP) is 2.15. The second-order valence-electron chi connectivity index (χ2n) is 7.21. The Morgan fingerprint density at radius 2 is 1.89 bits per heavy atom. The van der Waals surface area contributed by atoms with Crippen LogP contribution in [0.1, 0.15) is 49.9 Å². The van der Waals surface area contributed by atoms with E-state index in [1.807, 2.05) is 13.8 Å². The number of morpholine rings is 1. The molecule has 3 atom stereocenters. The van der Waals surface area contributed by atoms with Gasteiger partial charge in [-0.3, -0.25) is 4.79 Å². The SMILES string of the molecule is C[C@@H]1CN(S(=O)(=O)c2cccc(C(=O)O[C@@H]3CCCCC3=O)c2)C[C@@H](C)O1. The summed E-state index contributed by atoms with van der Waals surface area (Å²) in [5.41, 5.74) is 0.129. The van der Waals surface area contributed by atoms with Crippen LogP contribution in [0.5, 0.6) is 0 Å². The fraction of sp³-hybridized carbons (Fsp3) is 0.579. The van der Waals surface area contributed by atoms with Crippen LogP contribution < -0.4 is 0 Å². The molecule has 2 aliphatic rings. The first-order valence-corrected chi connectivity index (χ1v) is 10.7. The molecule has 0 aromatic heterocycles. The standard InChI is InChI=1S/C19H25NO6S/c1-13-11-20(12-14(2)25-13)27(23,24)16-7-5-6-15(10-16)19(22)26-18-9-4-3-8-17(18)21/h5-7,10,13-14,18H,3-4,8-9,11-12H2,1-2H3/t13-,14-,18-/m1/s1. The molecule has 2 fully saturated rings. The second-order valence-corrected chi connectivity index (χ2v) is 9.15. The first-order valence-electron chi connectivity index (χ1n) is 9.27. The lowest BCUT2D eigenvalue weighted by atomic mass is 9.96. The minimum absolute atomic E-state index is 0.0354. The van der Waals surface area contributed by atoms with Gasteiger partial charge in [-0.1, -0.05) is 6.07 Å². The van der Waals surface area contributed by atoms with E-state index in [1.54, 1.807) is 0 Å². The highest BCUT2D eigenvalue weighted by atomic mass is 32.2. The maximum atomic E-state index is 13.0. The van der Waals surface area contributed by atoms with E-state index in [2.05, 4.69) is 0 Å². The Hall–Kier alpha value is -1.77. The van der Waals surface area contributed by atoms with Crippen LogP contribution >= 0.6 is 0 Å².